The van der Waals surface area contributed by atoms with Gasteiger partial charge in [-0.3, -0.25) is 4.79 Å². The van der Waals surface area contributed by atoms with E-state index in [0.29, 0.717) is 19.6 Å². The maximum Gasteiger partial charge on any atom is 0.263 e. The molecule has 1 heterocycles. The van der Waals surface area contributed by atoms with Crippen LogP contribution in [0.5, 0.6) is 5.75 Å². The molecule has 6 heteroatoms. The van der Waals surface area contributed by atoms with Crippen molar-refractivity contribution in [1.29, 1.82) is 0 Å². The summed E-state index contributed by atoms with van der Waals surface area (Å²) in [4.78, 5) is 14.5. The first-order valence-electron chi connectivity index (χ1n) is 8.65. The van der Waals surface area contributed by atoms with Gasteiger partial charge in [-0.05, 0) is 37.1 Å². The van der Waals surface area contributed by atoms with Crippen molar-refractivity contribution >= 4 is 5.91 Å². The van der Waals surface area contributed by atoms with Gasteiger partial charge in [-0.1, -0.05) is 30.3 Å². The number of nitrogens with zero attached hydrogens (tertiary/aromatic N) is 1. The van der Waals surface area contributed by atoms with Crippen LogP contribution in [-0.4, -0.2) is 36.5 Å². The molecule has 3 rings (SSSR count). The Morgan fingerprint density at radius 1 is 1.19 bits per heavy atom. The van der Waals surface area contributed by atoms with Crippen LogP contribution in [0.4, 0.5) is 8.78 Å². The number of halogens is 2. The van der Waals surface area contributed by atoms with Crippen LogP contribution in [0.2, 0.25) is 0 Å². The molecule has 1 amide bonds. The number of nitrogens with two attached hydrogens (primary N) is 1. The monoisotopic (exact) mass is 360 g/mol. The Balaban J connectivity index is 1.68. The molecule has 1 saturated heterocycles. The van der Waals surface area contributed by atoms with Crippen molar-refractivity contribution in [1.82, 2.24) is 4.90 Å². The van der Waals surface area contributed by atoms with E-state index in [1.54, 1.807) is 11.8 Å². The Labute approximate surface area is 151 Å². The molecule has 26 heavy (non-hydrogen) atoms. The molecule has 138 valence electrons. The van der Waals surface area contributed by atoms with Gasteiger partial charge in [0.1, 0.15) is 5.75 Å². The number of carbonyl (C=O) groups is 1. The molecule has 1 aliphatic rings. The number of ether oxygens (including phenoxy) is 1. The molecule has 0 spiro atoms. The van der Waals surface area contributed by atoms with Crippen LogP contribution < -0.4 is 10.5 Å². The lowest BCUT2D eigenvalue weighted by atomic mass is 9.89. The molecule has 0 bridgehead atoms. The third kappa shape index (κ3) is 3.85. The summed E-state index contributed by atoms with van der Waals surface area (Å²) in [5.74, 6) is -1.66. The third-order valence-electron chi connectivity index (χ3n) is 4.83. The van der Waals surface area contributed by atoms with Crippen LogP contribution >= 0.6 is 0 Å². The van der Waals surface area contributed by atoms with Crippen molar-refractivity contribution < 1.29 is 18.3 Å². The number of hydrogen-bond acceptors (Lipinski definition) is 3. The molecule has 0 aliphatic carbocycles. The van der Waals surface area contributed by atoms with E-state index in [1.165, 1.54) is 6.07 Å². The van der Waals surface area contributed by atoms with Crippen molar-refractivity contribution in [2.75, 3.05) is 19.6 Å². The molecular formula is C20H22F2N2O2. The second kappa shape index (κ2) is 7.83. The van der Waals surface area contributed by atoms with Crippen molar-refractivity contribution in [2.45, 2.75) is 18.9 Å². The first-order chi connectivity index (χ1) is 12.5. The first-order valence-corrected chi connectivity index (χ1v) is 8.65. The quantitative estimate of drug-likeness (QED) is 0.892. The fourth-order valence-electron chi connectivity index (χ4n) is 3.43. The number of carbonyl (C=O) groups excluding carboxylic acids is 1. The Kier molecular flexibility index (Phi) is 5.52. The minimum atomic E-state index is -1.00. The summed E-state index contributed by atoms with van der Waals surface area (Å²) in [5, 5.41) is 0. The smallest absolute Gasteiger partial charge is 0.263 e. The fourth-order valence-corrected chi connectivity index (χ4v) is 3.43. The van der Waals surface area contributed by atoms with Crippen molar-refractivity contribution in [3.8, 4) is 5.75 Å². The highest BCUT2D eigenvalue weighted by Gasteiger charge is 2.37. The SMILES string of the molecule is CC(Oc1ccc(F)c(F)c1)C(=O)N1C[C@@H](CN)[C@H](c2ccccc2)C1. The van der Waals surface area contributed by atoms with Gasteiger partial charge in [-0.25, -0.2) is 8.78 Å². The summed E-state index contributed by atoms with van der Waals surface area (Å²) in [6.45, 7) is 3.22. The Morgan fingerprint density at radius 3 is 2.58 bits per heavy atom. The minimum Gasteiger partial charge on any atom is -0.481 e. The molecular weight excluding hydrogens is 338 g/mol. The topological polar surface area (TPSA) is 55.6 Å². The standard InChI is InChI=1S/C20H22F2N2O2/c1-13(26-16-7-8-18(21)19(22)9-16)20(25)24-11-15(10-23)17(12-24)14-5-3-2-4-6-14/h2-9,13,15,17H,10-12,23H2,1H3/t13?,15-,17+/m1/s1. The van der Waals surface area contributed by atoms with E-state index in [1.807, 2.05) is 30.3 Å². The second-order valence-electron chi connectivity index (χ2n) is 6.59. The van der Waals surface area contributed by atoms with Gasteiger partial charge in [0.25, 0.3) is 5.91 Å². The van der Waals surface area contributed by atoms with Gasteiger partial charge in [0, 0.05) is 25.1 Å². The molecule has 1 fully saturated rings. The minimum absolute atomic E-state index is 0.124. The largest absolute Gasteiger partial charge is 0.481 e. The second-order valence-corrected chi connectivity index (χ2v) is 6.59. The number of rotatable bonds is 5. The van der Waals surface area contributed by atoms with Gasteiger partial charge >= 0.3 is 0 Å². The third-order valence-corrected chi connectivity index (χ3v) is 4.83. The number of amides is 1. The molecule has 0 radical (unpaired) electrons. The molecule has 4 nitrogen and oxygen atoms in total. The summed E-state index contributed by atoms with van der Waals surface area (Å²) in [6, 6.07) is 13.2. The number of hydrogen-bond donors (Lipinski definition) is 1. The van der Waals surface area contributed by atoms with Crippen LogP contribution in [0, 0.1) is 17.6 Å². The zero-order valence-corrected chi connectivity index (χ0v) is 14.6. The van der Waals surface area contributed by atoms with Crippen LogP contribution in [-0.2, 0) is 4.79 Å². The van der Waals surface area contributed by atoms with Gasteiger partial charge in [-0.2, -0.15) is 0 Å². The van der Waals surface area contributed by atoms with Crippen molar-refractivity contribution in [2.24, 2.45) is 11.7 Å². The lowest BCUT2D eigenvalue weighted by Gasteiger charge is -2.22. The van der Waals surface area contributed by atoms with E-state index in [2.05, 4.69) is 0 Å². The van der Waals surface area contributed by atoms with Crippen molar-refractivity contribution in [3.63, 3.8) is 0 Å². The molecule has 0 saturated carbocycles. The summed E-state index contributed by atoms with van der Waals surface area (Å²) in [7, 11) is 0. The van der Waals surface area contributed by atoms with Gasteiger partial charge in [0.15, 0.2) is 17.7 Å². The first kappa shape index (κ1) is 18.3. The van der Waals surface area contributed by atoms with Crippen molar-refractivity contribution in [3.05, 3.63) is 65.7 Å². The van der Waals surface area contributed by atoms with E-state index < -0.39 is 17.7 Å². The maximum atomic E-state index is 13.3. The Morgan fingerprint density at radius 2 is 1.92 bits per heavy atom. The van der Waals surface area contributed by atoms with Gasteiger partial charge in [0.05, 0.1) is 0 Å². The summed E-state index contributed by atoms with van der Waals surface area (Å²) in [6.07, 6.45) is -0.798. The molecule has 2 aromatic rings. The lowest BCUT2D eigenvalue weighted by molar-refractivity contribution is -0.137. The number of likely N-dealkylation sites (tertiary alicyclic amines) is 1. The molecule has 1 unspecified atom stereocenters. The van der Waals surface area contributed by atoms with E-state index in [0.717, 1.165) is 17.7 Å². The van der Waals surface area contributed by atoms with Crippen LogP contribution in [0.1, 0.15) is 18.4 Å². The summed E-state index contributed by atoms with van der Waals surface area (Å²) >= 11 is 0. The lowest BCUT2D eigenvalue weighted by Crippen LogP contribution is -2.39. The van der Waals surface area contributed by atoms with E-state index in [9.17, 15) is 13.6 Å². The summed E-state index contributed by atoms with van der Waals surface area (Å²) < 4.78 is 31.8. The van der Waals surface area contributed by atoms with Crippen LogP contribution in [0.25, 0.3) is 0 Å². The molecule has 0 aromatic heterocycles. The highest BCUT2D eigenvalue weighted by atomic mass is 19.2. The molecule has 3 atom stereocenters. The Bertz CT molecular complexity index is 770. The molecule has 2 aromatic carbocycles. The average molecular weight is 360 g/mol. The van der Waals surface area contributed by atoms with Crippen LogP contribution in [0.15, 0.2) is 48.5 Å². The zero-order valence-electron chi connectivity index (χ0n) is 14.6. The van der Waals surface area contributed by atoms with E-state index in [-0.39, 0.29) is 23.5 Å². The summed E-state index contributed by atoms with van der Waals surface area (Å²) in [5.41, 5.74) is 7.07. The van der Waals surface area contributed by atoms with Gasteiger partial charge in [-0.15, -0.1) is 0 Å². The fraction of sp³-hybridized carbons (Fsp3) is 0.350. The normalized spacial score (nSPS) is 20.8. The van der Waals surface area contributed by atoms with E-state index >= 15 is 0 Å². The maximum absolute atomic E-state index is 13.3. The Hall–Kier alpha value is -2.47. The average Bonchev–Trinajstić information content (AvgIpc) is 3.09. The van der Waals surface area contributed by atoms with Gasteiger partial charge in [0.2, 0.25) is 0 Å². The highest BCUT2D eigenvalue weighted by Crippen LogP contribution is 2.32. The number of benzene rings is 2. The zero-order chi connectivity index (χ0) is 18.7. The highest BCUT2D eigenvalue weighted by molar-refractivity contribution is 5.81. The molecule has 1 aliphatic heterocycles. The predicted octanol–water partition coefficient (Wildman–Crippen LogP) is 2.93. The molecule has 2 N–H and O–H groups in total. The predicted molar refractivity (Wildman–Crippen MR) is 94.8 cm³/mol. The van der Waals surface area contributed by atoms with E-state index in [4.69, 9.17) is 10.5 Å². The van der Waals surface area contributed by atoms with Gasteiger partial charge < -0.3 is 15.4 Å². The van der Waals surface area contributed by atoms with Crippen LogP contribution in [0.3, 0.4) is 0 Å².